The van der Waals surface area contributed by atoms with Crippen LogP contribution in [0.1, 0.15) is 12.5 Å². The van der Waals surface area contributed by atoms with Crippen molar-refractivity contribution >= 4 is 5.71 Å². The van der Waals surface area contributed by atoms with Crippen LogP contribution >= 0.6 is 0 Å². The van der Waals surface area contributed by atoms with Crippen LogP contribution in [0.5, 0.6) is 0 Å². The first-order valence-electron chi connectivity index (χ1n) is 6.59. The molecule has 0 saturated heterocycles. The van der Waals surface area contributed by atoms with Crippen molar-refractivity contribution in [2.75, 3.05) is 0 Å². The van der Waals surface area contributed by atoms with Crippen molar-refractivity contribution in [2.45, 2.75) is 6.92 Å². The van der Waals surface area contributed by atoms with Gasteiger partial charge in [0, 0.05) is 5.56 Å². The minimum atomic E-state index is -0.357. The highest BCUT2D eigenvalue weighted by atomic mass is 16.2. The molecule has 1 N–H and O–H groups in total. The zero-order chi connectivity index (χ0) is 14.7. The van der Waals surface area contributed by atoms with E-state index in [1.807, 2.05) is 67.6 Å². The Morgan fingerprint density at radius 1 is 1.05 bits per heavy atom. The lowest BCUT2D eigenvalue weighted by atomic mass is 10.1. The Bertz CT molecular complexity index is 816. The molecule has 0 radical (unpaired) electrons. The van der Waals surface area contributed by atoms with E-state index >= 15 is 0 Å². The summed E-state index contributed by atoms with van der Waals surface area (Å²) in [7, 11) is 0. The van der Waals surface area contributed by atoms with Gasteiger partial charge in [-0.15, -0.1) is 0 Å². The molecule has 1 heterocycles. The van der Waals surface area contributed by atoms with Crippen molar-refractivity contribution in [3.8, 4) is 11.4 Å². The van der Waals surface area contributed by atoms with Crippen LogP contribution in [0.15, 0.2) is 70.6 Å². The van der Waals surface area contributed by atoms with Crippen molar-refractivity contribution in [3.05, 3.63) is 76.7 Å². The molecule has 0 amide bonds. The summed E-state index contributed by atoms with van der Waals surface area (Å²) in [5, 5.41) is 10.9. The Morgan fingerprint density at radius 2 is 1.67 bits per heavy atom. The van der Waals surface area contributed by atoms with Crippen LogP contribution in [0.3, 0.4) is 0 Å². The first-order chi connectivity index (χ1) is 10.3. The van der Waals surface area contributed by atoms with Crippen LogP contribution in [-0.4, -0.2) is 20.6 Å². The zero-order valence-electron chi connectivity index (χ0n) is 11.5. The van der Waals surface area contributed by atoms with Gasteiger partial charge in [-0.2, -0.15) is 14.9 Å². The normalized spacial score (nSPS) is 11.6. The summed E-state index contributed by atoms with van der Waals surface area (Å²) in [6, 6.07) is 19.2. The molecular formula is C16H14N4O. The summed E-state index contributed by atoms with van der Waals surface area (Å²) in [6.07, 6.45) is 0. The van der Waals surface area contributed by atoms with Gasteiger partial charge in [-0.3, -0.25) is 0 Å². The van der Waals surface area contributed by atoms with E-state index in [4.69, 9.17) is 0 Å². The molecule has 0 aliphatic heterocycles. The van der Waals surface area contributed by atoms with Gasteiger partial charge in [0.05, 0.1) is 5.71 Å². The van der Waals surface area contributed by atoms with Gasteiger partial charge in [0.25, 0.3) is 0 Å². The molecule has 3 aromatic rings. The zero-order valence-corrected chi connectivity index (χ0v) is 11.5. The van der Waals surface area contributed by atoms with Crippen molar-refractivity contribution in [1.29, 1.82) is 0 Å². The smallest absolute Gasteiger partial charge is 0.244 e. The van der Waals surface area contributed by atoms with Crippen molar-refractivity contribution in [1.82, 2.24) is 14.9 Å². The first kappa shape index (κ1) is 13.1. The molecule has 0 fully saturated rings. The molecule has 5 nitrogen and oxygen atoms in total. The van der Waals surface area contributed by atoms with E-state index in [1.54, 1.807) is 0 Å². The van der Waals surface area contributed by atoms with E-state index in [0.717, 1.165) is 16.8 Å². The maximum absolute atomic E-state index is 11.9. The molecule has 1 aromatic heterocycles. The second kappa shape index (κ2) is 5.58. The molecule has 5 heteroatoms. The highest BCUT2D eigenvalue weighted by Gasteiger charge is 2.10. The van der Waals surface area contributed by atoms with Gasteiger partial charge in [-0.25, -0.2) is 9.89 Å². The molecule has 2 aromatic carbocycles. The van der Waals surface area contributed by atoms with Gasteiger partial charge in [-0.1, -0.05) is 60.7 Å². The van der Waals surface area contributed by atoms with Gasteiger partial charge < -0.3 is 0 Å². The summed E-state index contributed by atoms with van der Waals surface area (Å²) in [4.78, 5) is 11.9. The van der Waals surface area contributed by atoms with Crippen molar-refractivity contribution < 1.29 is 0 Å². The van der Waals surface area contributed by atoms with E-state index in [2.05, 4.69) is 15.3 Å². The first-order valence-corrected chi connectivity index (χ1v) is 6.59. The third kappa shape index (κ3) is 2.67. The van der Waals surface area contributed by atoms with Gasteiger partial charge in [-0.05, 0) is 12.5 Å². The predicted molar refractivity (Wildman–Crippen MR) is 82.3 cm³/mol. The molecule has 0 spiro atoms. The summed E-state index contributed by atoms with van der Waals surface area (Å²) in [5.74, 6) is 0.496. The summed E-state index contributed by atoms with van der Waals surface area (Å²) < 4.78 is 1.29. The third-order valence-electron chi connectivity index (χ3n) is 3.12. The van der Waals surface area contributed by atoms with Gasteiger partial charge in [0.2, 0.25) is 0 Å². The Kier molecular flexibility index (Phi) is 3.47. The van der Waals surface area contributed by atoms with Crippen LogP contribution in [0.2, 0.25) is 0 Å². The molecule has 0 bridgehead atoms. The predicted octanol–water partition coefficient (Wildman–Crippen LogP) is 2.51. The topological polar surface area (TPSA) is 63.0 Å². The number of nitrogens with one attached hydrogen (secondary N) is 1. The monoisotopic (exact) mass is 278 g/mol. The van der Waals surface area contributed by atoms with E-state index in [-0.39, 0.29) is 5.69 Å². The molecule has 0 aliphatic carbocycles. The highest BCUT2D eigenvalue weighted by molar-refractivity contribution is 5.98. The third-order valence-corrected chi connectivity index (χ3v) is 3.12. The number of aromatic nitrogens is 3. The Labute approximate surface area is 121 Å². The van der Waals surface area contributed by atoms with Gasteiger partial charge in [0.1, 0.15) is 0 Å². The lowest BCUT2D eigenvalue weighted by Crippen LogP contribution is -2.15. The minimum absolute atomic E-state index is 0.357. The maximum atomic E-state index is 11.9. The molecular weight excluding hydrogens is 264 g/mol. The second-order valence-corrected chi connectivity index (χ2v) is 4.58. The average Bonchev–Trinajstić information content (AvgIpc) is 2.90. The van der Waals surface area contributed by atoms with Gasteiger partial charge in [0.15, 0.2) is 5.82 Å². The largest absolute Gasteiger partial charge is 0.364 e. The summed E-state index contributed by atoms with van der Waals surface area (Å²) in [5.41, 5.74) is 2.19. The van der Waals surface area contributed by atoms with E-state index in [1.165, 1.54) is 4.68 Å². The van der Waals surface area contributed by atoms with Crippen LogP contribution in [0.4, 0.5) is 0 Å². The van der Waals surface area contributed by atoms with E-state index in [0.29, 0.717) is 5.82 Å². The van der Waals surface area contributed by atoms with Crippen molar-refractivity contribution in [3.63, 3.8) is 0 Å². The number of H-pyrrole nitrogens is 1. The lowest BCUT2D eigenvalue weighted by Gasteiger charge is -2.03. The molecule has 0 atom stereocenters. The summed E-state index contributed by atoms with van der Waals surface area (Å²) >= 11 is 0. The minimum Gasteiger partial charge on any atom is -0.244 e. The number of nitrogens with zero attached hydrogens (tertiary/aromatic N) is 3. The van der Waals surface area contributed by atoms with Crippen LogP contribution in [-0.2, 0) is 0 Å². The quantitative estimate of drug-likeness (QED) is 0.748. The molecule has 104 valence electrons. The highest BCUT2D eigenvalue weighted by Crippen LogP contribution is 2.14. The number of rotatable bonds is 3. The van der Waals surface area contributed by atoms with Crippen molar-refractivity contribution in [2.24, 2.45) is 5.10 Å². The number of benzene rings is 2. The fourth-order valence-electron chi connectivity index (χ4n) is 2.05. The fourth-order valence-corrected chi connectivity index (χ4v) is 2.05. The lowest BCUT2D eigenvalue weighted by molar-refractivity contribution is 0.836. The van der Waals surface area contributed by atoms with Crippen LogP contribution in [0, 0.1) is 0 Å². The standard InChI is InChI=1S/C16H14N4O/c1-12(13-8-4-2-5-9-13)19-20-15(17-18-16(20)21)14-10-6-3-7-11-14/h2-11H,1H3,(H,18,21)/b19-12-. The molecule has 0 aliphatic rings. The maximum Gasteiger partial charge on any atom is 0.364 e. The Morgan fingerprint density at radius 3 is 2.33 bits per heavy atom. The van der Waals surface area contributed by atoms with Crippen LogP contribution < -0.4 is 5.69 Å². The number of hydrogen-bond acceptors (Lipinski definition) is 3. The molecule has 0 unspecified atom stereocenters. The number of aromatic amines is 1. The SMILES string of the molecule is C/C(=N/n1c(-c2ccccc2)n[nH]c1=O)c1ccccc1. The molecule has 21 heavy (non-hydrogen) atoms. The number of hydrogen-bond donors (Lipinski definition) is 1. The van der Waals surface area contributed by atoms with E-state index < -0.39 is 0 Å². The second-order valence-electron chi connectivity index (χ2n) is 4.58. The molecule has 3 rings (SSSR count). The average molecular weight is 278 g/mol. The fraction of sp³-hybridized carbons (Fsp3) is 0.0625. The Hall–Kier alpha value is -2.95. The van der Waals surface area contributed by atoms with Gasteiger partial charge >= 0.3 is 5.69 Å². The van der Waals surface area contributed by atoms with E-state index in [9.17, 15) is 4.79 Å². The Balaban J connectivity index is 2.08. The molecule has 0 saturated carbocycles. The van der Waals surface area contributed by atoms with Crippen LogP contribution in [0.25, 0.3) is 11.4 Å². The summed E-state index contributed by atoms with van der Waals surface area (Å²) in [6.45, 7) is 1.86.